The fraction of sp³-hybridized carbons (Fsp3) is 0.400. The smallest absolute Gasteiger partial charge is 0.233 e. The van der Waals surface area contributed by atoms with Gasteiger partial charge in [-0.25, -0.2) is 0 Å². The topological polar surface area (TPSA) is 66.0 Å². The van der Waals surface area contributed by atoms with Crippen LogP contribution in [0, 0.1) is 0 Å². The molecule has 0 aliphatic heterocycles. The molecule has 112 valence electrons. The minimum atomic E-state index is 0.424. The van der Waals surface area contributed by atoms with E-state index < -0.39 is 0 Å². The molecule has 0 spiro atoms. The Hall–Kier alpha value is -2.37. The number of nitrogens with one attached hydrogen (secondary N) is 2. The summed E-state index contributed by atoms with van der Waals surface area (Å²) in [5.74, 6) is 2.11. The zero-order valence-corrected chi connectivity index (χ0v) is 13.2. The summed E-state index contributed by atoms with van der Waals surface area (Å²) in [6, 6.07) is 8.19. The number of hydrogen-bond donors (Lipinski definition) is 2. The van der Waals surface area contributed by atoms with Crippen molar-refractivity contribution >= 4 is 23.5 Å². The first-order valence-corrected chi connectivity index (χ1v) is 6.98. The van der Waals surface area contributed by atoms with Crippen LogP contribution in [0.3, 0.4) is 0 Å². The van der Waals surface area contributed by atoms with Crippen LogP contribution in [0.2, 0.25) is 0 Å². The van der Waals surface area contributed by atoms with Crippen LogP contribution in [0.15, 0.2) is 24.3 Å². The Morgan fingerprint density at radius 1 is 1.00 bits per heavy atom. The second kappa shape index (κ2) is 6.39. The lowest BCUT2D eigenvalue weighted by Gasteiger charge is -2.16. The van der Waals surface area contributed by atoms with Crippen LogP contribution in [0.1, 0.15) is 25.3 Å². The van der Waals surface area contributed by atoms with Crippen molar-refractivity contribution in [1.82, 2.24) is 15.0 Å². The SMILES string of the molecule is CNc1nc(Nc2ccccc2C(C)C)nc(N(C)C)n1. The number of benzene rings is 1. The zero-order valence-electron chi connectivity index (χ0n) is 13.2. The molecule has 2 aromatic rings. The van der Waals surface area contributed by atoms with Gasteiger partial charge >= 0.3 is 0 Å². The van der Waals surface area contributed by atoms with Crippen molar-refractivity contribution in [2.75, 3.05) is 36.7 Å². The second-order valence-electron chi connectivity index (χ2n) is 5.29. The molecule has 0 aliphatic carbocycles. The van der Waals surface area contributed by atoms with E-state index in [1.165, 1.54) is 5.56 Å². The van der Waals surface area contributed by atoms with Crippen LogP contribution in [0.25, 0.3) is 0 Å². The third-order valence-corrected chi connectivity index (χ3v) is 3.08. The van der Waals surface area contributed by atoms with Gasteiger partial charge in [-0.15, -0.1) is 0 Å². The van der Waals surface area contributed by atoms with Crippen LogP contribution < -0.4 is 15.5 Å². The third kappa shape index (κ3) is 3.59. The van der Waals surface area contributed by atoms with Crippen molar-refractivity contribution in [3.63, 3.8) is 0 Å². The zero-order chi connectivity index (χ0) is 15.4. The summed E-state index contributed by atoms with van der Waals surface area (Å²) in [6.45, 7) is 4.33. The summed E-state index contributed by atoms with van der Waals surface area (Å²) < 4.78 is 0. The van der Waals surface area contributed by atoms with Gasteiger partial charge in [0.2, 0.25) is 17.8 Å². The van der Waals surface area contributed by atoms with Crippen LogP contribution in [0.5, 0.6) is 0 Å². The Morgan fingerprint density at radius 2 is 1.67 bits per heavy atom. The minimum absolute atomic E-state index is 0.424. The predicted octanol–water partition coefficient (Wildman–Crippen LogP) is 2.85. The van der Waals surface area contributed by atoms with E-state index in [-0.39, 0.29) is 0 Å². The van der Waals surface area contributed by atoms with Crippen molar-refractivity contribution in [2.24, 2.45) is 0 Å². The van der Waals surface area contributed by atoms with Gasteiger partial charge in [-0.05, 0) is 17.5 Å². The standard InChI is InChI=1S/C15H22N6/c1-10(2)11-8-6-7-9-12(11)17-14-18-13(16-3)19-15(20-14)21(4)5/h6-10H,1-5H3,(H2,16,17,18,19,20). The van der Waals surface area contributed by atoms with Gasteiger partial charge in [0.15, 0.2) is 0 Å². The Kier molecular flexibility index (Phi) is 4.57. The van der Waals surface area contributed by atoms with Gasteiger partial charge in [-0.2, -0.15) is 15.0 Å². The molecule has 0 amide bonds. The number of hydrogen-bond acceptors (Lipinski definition) is 6. The maximum Gasteiger partial charge on any atom is 0.233 e. The molecule has 0 bridgehead atoms. The Balaban J connectivity index is 2.37. The van der Waals surface area contributed by atoms with Gasteiger partial charge in [-0.3, -0.25) is 0 Å². The first-order valence-electron chi connectivity index (χ1n) is 6.98. The average molecular weight is 286 g/mol. The highest BCUT2D eigenvalue weighted by molar-refractivity contribution is 5.60. The maximum atomic E-state index is 4.43. The van der Waals surface area contributed by atoms with E-state index >= 15 is 0 Å². The van der Waals surface area contributed by atoms with E-state index in [1.807, 2.05) is 37.2 Å². The van der Waals surface area contributed by atoms with E-state index in [1.54, 1.807) is 7.05 Å². The molecule has 1 aromatic carbocycles. The summed E-state index contributed by atoms with van der Waals surface area (Å²) in [7, 11) is 5.60. The molecule has 2 rings (SSSR count). The van der Waals surface area contributed by atoms with Crippen molar-refractivity contribution < 1.29 is 0 Å². The lowest BCUT2D eigenvalue weighted by Crippen LogP contribution is -2.16. The van der Waals surface area contributed by atoms with Crippen LogP contribution >= 0.6 is 0 Å². The molecule has 1 aromatic heterocycles. The first-order chi connectivity index (χ1) is 10.0. The van der Waals surface area contributed by atoms with E-state index in [0.29, 0.717) is 23.8 Å². The number of aromatic nitrogens is 3. The molecule has 0 fully saturated rings. The molecule has 0 atom stereocenters. The van der Waals surface area contributed by atoms with E-state index in [0.717, 1.165) is 5.69 Å². The maximum absolute atomic E-state index is 4.43. The first kappa shape index (κ1) is 15.0. The van der Waals surface area contributed by atoms with Gasteiger partial charge in [0, 0.05) is 26.8 Å². The van der Waals surface area contributed by atoms with Gasteiger partial charge in [0.05, 0.1) is 0 Å². The van der Waals surface area contributed by atoms with Crippen LogP contribution in [-0.2, 0) is 0 Å². The lowest BCUT2D eigenvalue weighted by molar-refractivity contribution is 0.868. The molecule has 0 saturated carbocycles. The molecule has 0 saturated heterocycles. The Bertz CT molecular complexity index is 609. The summed E-state index contributed by atoms with van der Waals surface area (Å²) >= 11 is 0. The summed E-state index contributed by atoms with van der Waals surface area (Å²) in [6.07, 6.45) is 0. The minimum Gasteiger partial charge on any atom is -0.357 e. The van der Waals surface area contributed by atoms with E-state index in [2.05, 4.69) is 45.5 Å². The van der Waals surface area contributed by atoms with Gasteiger partial charge in [-0.1, -0.05) is 32.0 Å². The summed E-state index contributed by atoms with van der Waals surface area (Å²) in [5, 5.41) is 6.25. The van der Waals surface area contributed by atoms with Crippen LogP contribution in [0.4, 0.5) is 23.5 Å². The molecular weight excluding hydrogens is 264 g/mol. The fourth-order valence-electron chi connectivity index (χ4n) is 1.97. The van der Waals surface area contributed by atoms with Gasteiger partial charge in [0.1, 0.15) is 0 Å². The third-order valence-electron chi connectivity index (χ3n) is 3.08. The molecule has 0 aliphatic rings. The highest BCUT2D eigenvalue weighted by Gasteiger charge is 2.10. The van der Waals surface area contributed by atoms with Crippen molar-refractivity contribution in [3.05, 3.63) is 29.8 Å². The fourth-order valence-corrected chi connectivity index (χ4v) is 1.97. The lowest BCUT2D eigenvalue weighted by atomic mass is 10.0. The van der Waals surface area contributed by atoms with Gasteiger partial charge < -0.3 is 15.5 Å². The highest BCUT2D eigenvalue weighted by atomic mass is 15.3. The summed E-state index contributed by atoms with van der Waals surface area (Å²) in [4.78, 5) is 14.9. The van der Waals surface area contributed by atoms with E-state index in [9.17, 15) is 0 Å². The number of rotatable bonds is 5. The Morgan fingerprint density at radius 3 is 2.29 bits per heavy atom. The molecule has 21 heavy (non-hydrogen) atoms. The molecule has 0 radical (unpaired) electrons. The Labute approximate surface area is 125 Å². The van der Waals surface area contributed by atoms with Crippen molar-refractivity contribution in [2.45, 2.75) is 19.8 Å². The normalized spacial score (nSPS) is 10.6. The van der Waals surface area contributed by atoms with E-state index in [4.69, 9.17) is 0 Å². The molecule has 1 heterocycles. The second-order valence-corrected chi connectivity index (χ2v) is 5.29. The average Bonchev–Trinajstić information content (AvgIpc) is 2.47. The molecular formula is C15H22N6. The van der Waals surface area contributed by atoms with Crippen molar-refractivity contribution in [3.8, 4) is 0 Å². The number of anilines is 4. The van der Waals surface area contributed by atoms with Crippen molar-refractivity contribution in [1.29, 1.82) is 0 Å². The molecule has 6 heteroatoms. The molecule has 6 nitrogen and oxygen atoms in total. The monoisotopic (exact) mass is 286 g/mol. The molecule has 2 N–H and O–H groups in total. The predicted molar refractivity (Wildman–Crippen MR) is 87.5 cm³/mol. The van der Waals surface area contributed by atoms with Gasteiger partial charge in [0.25, 0.3) is 0 Å². The number of para-hydroxylation sites is 1. The quantitative estimate of drug-likeness (QED) is 0.881. The number of nitrogens with zero attached hydrogens (tertiary/aromatic N) is 4. The highest BCUT2D eigenvalue weighted by Crippen LogP contribution is 2.26. The largest absolute Gasteiger partial charge is 0.357 e. The molecule has 0 unspecified atom stereocenters. The van der Waals surface area contributed by atoms with Crippen LogP contribution in [-0.4, -0.2) is 36.1 Å². The summed E-state index contributed by atoms with van der Waals surface area (Å²) in [5.41, 5.74) is 2.25.